The van der Waals surface area contributed by atoms with Gasteiger partial charge in [0.15, 0.2) is 0 Å². The maximum absolute atomic E-state index is 12.4. The monoisotopic (exact) mass is 370 g/mol. The Bertz CT molecular complexity index is 684. The van der Waals surface area contributed by atoms with Gasteiger partial charge in [-0.05, 0) is 45.6 Å². The van der Waals surface area contributed by atoms with Crippen LogP contribution in [0.25, 0.3) is 0 Å². The minimum absolute atomic E-state index is 0.130. The van der Waals surface area contributed by atoms with Gasteiger partial charge < -0.3 is 5.32 Å². The molecule has 1 amide bonds. The third kappa shape index (κ3) is 5.28. The van der Waals surface area contributed by atoms with Crippen LogP contribution in [0.15, 0.2) is 6.07 Å². The van der Waals surface area contributed by atoms with Crippen molar-refractivity contribution >= 4 is 15.9 Å². The van der Waals surface area contributed by atoms with Crippen molar-refractivity contribution < 1.29 is 13.2 Å². The second kappa shape index (κ2) is 8.80. The summed E-state index contributed by atoms with van der Waals surface area (Å²) < 4.78 is 28.1. The molecule has 1 saturated heterocycles. The van der Waals surface area contributed by atoms with Crippen LogP contribution in [0, 0.1) is 13.8 Å². The molecule has 1 aliphatic rings. The third-order valence-electron chi connectivity index (χ3n) is 4.57. The van der Waals surface area contributed by atoms with E-state index in [9.17, 15) is 13.2 Å². The van der Waals surface area contributed by atoms with Crippen LogP contribution in [0.3, 0.4) is 0 Å². The number of carbonyl (C=O) groups excluding carboxylic acids is 1. The van der Waals surface area contributed by atoms with Gasteiger partial charge in [-0.3, -0.25) is 9.48 Å². The molecule has 0 aromatic carbocycles. The summed E-state index contributed by atoms with van der Waals surface area (Å²) in [5.74, 6) is -0.0449. The van der Waals surface area contributed by atoms with E-state index in [0.717, 1.165) is 37.2 Å². The third-order valence-corrected chi connectivity index (χ3v) is 6.52. The second-order valence-electron chi connectivity index (χ2n) is 6.73. The van der Waals surface area contributed by atoms with E-state index in [0.29, 0.717) is 25.9 Å². The van der Waals surface area contributed by atoms with E-state index in [2.05, 4.69) is 10.4 Å². The lowest BCUT2D eigenvalue weighted by Crippen LogP contribution is -2.46. The first-order valence-electron chi connectivity index (χ1n) is 9.13. The van der Waals surface area contributed by atoms with E-state index in [1.165, 1.54) is 4.31 Å². The highest BCUT2D eigenvalue weighted by Crippen LogP contribution is 2.22. The molecule has 25 heavy (non-hydrogen) atoms. The Labute approximate surface area is 150 Å². The number of nitrogens with zero attached hydrogens (tertiary/aromatic N) is 3. The summed E-state index contributed by atoms with van der Waals surface area (Å²) in [4.78, 5) is 12.4. The highest BCUT2D eigenvalue weighted by molar-refractivity contribution is 7.89. The van der Waals surface area contributed by atoms with Crippen molar-refractivity contribution in [3.63, 3.8) is 0 Å². The maximum atomic E-state index is 12.4. The molecule has 1 fully saturated rings. The van der Waals surface area contributed by atoms with Gasteiger partial charge in [0.1, 0.15) is 6.04 Å². The minimum Gasteiger partial charge on any atom is -0.355 e. The Balaban J connectivity index is 1.82. The first-order valence-corrected chi connectivity index (χ1v) is 10.7. The molecule has 142 valence electrons. The van der Waals surface area contributed by atoms with Crippen LogP contribution in [0.2, 0.25) is 0 Å². The molecule has 1 aliphatic heterocycles. The summed E-state index contributed by atoms with van der Waals surface area (Å²) in [5, 5.41) is 7.29. The number of nitrogens with one attached hydrogen (secondary N) is 1. The molecule has 7 nitrogen and oxygen atoms in total. The average Bonchev–Trinajstić information content (AvgIpc) is 3.16. The van der Waals surface area contributed by atoms with Gasteiger partial charge in [0, 0.05) is 25.3 Å². The molecule has 0 radical (unpaired) electrons. The standard InChI is InChI=1S/C17H30N4O3S/c1-4-5-12-25(23,24)21-11-6-8-16(21)17(22)18-9-7-10-20-15(3)13-14(2)19-20/h13,16H,4-12H2,1-3H3,(H,18,22). The molecule has 1 unspecified atom stereocenters. The summed E-state index contributed by atoms with van der Waals surface area (Å²) in [5.41, 5.74) is 2.09. The first-order chi connectivity index (χ1) is 11.8. The van der Waals surface area contributed by atoms with E-state index < -0.39 is 16.1 Å². The molecule has 1 aromatic heterocycles. The molecule has 0 saturated carbocycles. The summed E-state index contributed by atoms with van der Waals surface area (Å²) in [6.07, 6.45) is 3.58. The number of aromatic nitrogens is 2. The van der Waals surface area contributed by atoms with E-state index in [1.807, 2.05) is 31.5 Å². The lowest BCUT2D eigenvalue weighted by molar-refractivity contribution is -0.124. The Morgan fingerprint density at radius 2 is 2.12 bits per heavy atom. The smallest absolute Gasteiger partial charge is 0.238 e. The lowest BCUT2D eigenvalue weighted by Gasteiger charge is -2.23. The van der Waals surface area contributed by atoms with Gasteiger partial charge in [-0.1, -0.05) is 13.3 Å². The maximum Gasteiger partial charge on any atom is 0.238 e. The molecular weight excluding hydrogens is 340 g/mol. The van der Waals surface area contributed by atoms with E-state index >= 15 is 0 Å². The quantitative estimate of drug-likeness (QED) is 0.669. The molecule has 0 spiro atoms. The number of rotatable bonds is 9. The zero-order valence-electron chi connectivity index (χ0n) is 15.5. The molecule has 1 N–H and O–H groups in total. The lowest BCUT2D eigenvalue weighted by atomic mass is 10.2. The number of sulfonamides is 1. The van der Waals surface area contributed by atoms with Crippen molar-refractivity contribution in [2.45, 2.75) is 65.5 Å². The Morgan fingerprint density at radius 1 is 1.36 bits per heavy atom. The Kier molecular flexibility index (Phi) is 7.01. The van der Waals surface area contributed by atoms with Gasteiger partial charge >= 0.3 is 0 Å². The number of unbranched alkanes of at least 4 members (excludes halogenated alkanes) is 1. The molecule has 8 heteroatoms. The number of carbonyl (C=O) groups is 1. The fourth-order valence-corrected chi connectivity index (χ4v) is 5.12. The van der Waals surface area contributed by atoms with E-state index in [-0.39, 0.29) is 11.7 Å². The van der Waals surface area contributed by atoms with Gasteiger partial charge in [0.2, 0.25) is 15.9 Å². The van der Waals surface area contributed by atoms with Crippen LogP contribution in [0.4, 0.5) is 0 Å². The number of hydrogen-bond acceptors (Lipinski definition) is 4. The summed E-state index contributed by atoms with van der Waals surface area (Å²) in [6, 6.07) is 1.48. The Morgan fingerprint density at radius 3 is 2.76 bits per heavy atom. The topological polar surface area (TPSA) is 84.3 Å². The van der Waals surface area contributed by atoms with E-state index in [4.69, 9.17) is 0 Å². The summed E-state index contributed by atoms with van der Waals surface area (Å²) in [6.45, 7) is 7.65. The van der Waals surface area contributed by atoms with Crippen molar-refractivity contribution in [2.24, 2.45) is 0 Å². The van der Waals surface area contributed by atoms with Crippen molar-refractivity contribution in [3.8, 4) is 0 Å². The van der Waals surface area contributed by atoms with Gasteiger partial charge in [-0.15, -0.1) is 0 Å². The normalized spacial score (nSPS) is 18.6. The van der Waals surface area contributed by atoms with Crippen molar-refractivity contribution in [1.82, 2.24) is 19.4 Å². The summed E-state index contributed by atoms with van der Waals surface area (Å²) >= 11 is 0. The zero-order chi connectivity index (χ0) is 18.4. The predicted octanol–water partition coefficient (Wildman–Crippen LogP) is 1.60. The molecule has 2 heterocycles. The van der Waals surface area contributed by atoms with Crippen LogP contribution in [0.1, 0.15) is 50.4 Å². The average molecular weight is 371 g/mol. The highest BCUT2D eigenvalue weighted by atomic mass is 32.2. The SMILES string of the molecule is CCCCS(=O)(=O)N1CCCC1C(=O)NCCCn1nc(C)cc1C. The van der Waals surface area contributed by atoms with Crippen LogP contribution in [-0.2, 0) is 21.4 Å². The zero-order valence-corrected chi connectivity index (χ0v) is 16.3. The Hall–Kier alpha value is -1.41. The molecule has 2 rings (SSSR count). The number of hydrogen-bond donors (Lipinski definition) is 1. The van der Waals surface area contributed by atoms with E-state index in [1.54, 1.807) is 0 Å². The van der Waals surface area contributed by atoms with Gasteiger partial charge in [0.25, 0.3) is 0 Å². The summed E-state index contributed by atoms with van der Waals surface area (Å²) in [7, 11) is -3.33. The fraction of sp³-hybridized carbons (Fsp3) is 0.765. The number of amides is 1. The van der Waals surface area contributed by atoms with Gasteiger partial charge in [0.05, 0.1) is 11.4 Å². The highest BCUT2D eigenvalue weighted by Gasteiger charge is 2.37. The van der Waals surface area contributed by atoms with Crippen molar-refractivity contribution in [1.29, 1.82) is 0 Å². The first kappa shape index (κ1) is 19.9. The molecule has 0 bridgehead atoms. The molecule has 1 aromatic rings. The van der Waals surface area contributed by atoms with Gasteiger partial charge in [-0.2, -0.15) is 9.40 Å². The van der Waals surface area contributed by atoms with Crippen molar-refractivity contribution in [3.05, 3.63) is 17.5 Å². The second-order valence-corrected chi connectivity index (χ2v) is 8.77. The minimum atomic E-state index is -3.33. The van der Waals surface area contributed by atoms with Crippen molar-refractivity contribution in [2.75, 3.05) is 18.8 Å². The van der Waals surface area contributed by atoms with Gasteiger partial charge in [-0.25, -0.2) is 8.42 Å². The van der Waals surface area contributed by atoms with Crippen LogP contribution in [0.5, 0.6) is 0 Å². The predicted molar refractivity (Wildman–Crippen MR) is 97.8 cm³/mol. The van der Waals surface area contributed by atoms with Crippen LogP contribution >= 0.6 is 0 Å². The van der Waals surface area contributed by atoms with Crippen LogP contribution in [-0.4, -0.2) is 53.3 Å². The van der Waals surface area contributed by atoms with Crippen LogP contribution < -0.4 is 5.32 Å². The molecular formula is C17H30N4O3S. The fourth-order valence-electron chi connectivity index (χ4n) is 3.24. The number of aryl methyl sites for hydroxylation is 3. The molecule has 0 aliphatic carbocycles. The largest absolute Gasteiger partial charge is 0.355 e. The molecule has 1 atom stereocenters.